The fourth-order valence-electron chi connectivity index (χ4n) is 2.69. The SMILES string of the molecule is C[C@@H](Oc1ccccc1C(F)(F)F)C(=O)N1CCC(C(N)=O)CC1. The molecule has 2 amide bonds. The average Bonchev–Trinajstić information content (AvgIpc) is 2.53. The summed E-state index contributed by atoms with van der Waals surface area (Å²) in [5.74, 6) is -1.45. The zero-order valence-corrected chi connectivity index (χ0v) is 13.2. The summed E-state index contributed by atoms with van der Waals surface area (Å²) in [7, 11) is 0. The van der Waals surface area contributed by atoms with E-state index in [9.17, 15) is 22.8 Å². The first-order chi connectivity index (χ1) is 11.2. The van der Waals surface area contributed by atoms with Crippen molar-refractivity contribution >= 4 is 11.8 Å². The number of hydrogen-bond acceptors (Lipinski definition) is 3. The standard InChI is InChI=1S/C16H19F3N2O3/c1-10(15(23)21-8-6-11(7-9-21)14(20)22)24-13-5-3-2-4-12(13)16(17,18)19/h2-5,10-11H,6-9H2,1H3,(H2,20,22)/t10-/m1/s1. The highest BCUT2D eigenvalue weighted by Crippen LogP contribution is 2.36. The molecule has 24 heavy (non-hydrogen) atoms. The van der Waals surface area contributed by atoms with Crippen molar-refractivity contribution in [2.24, 2.45) is 11.7 Å². The molecule has 0 unspecified atom stereocenters. The Labute approximate surface area is 137 Å². The third-order valence-corrected chi connectivity index (χ3v) is 4.05. The molecule has 0 radical (unpaired) electrons. The number of benzene rings is 1. The first-order valence-electron chi connectivity index (χ1n) is 7.61. The van der Waals surface area contributed by atoms with Crippen LogP contribution in [0, 0.1) is 5.92 Å². The van der Waals surface area contributed by atoms with E-state index in [0.717, 1.165) is 6.07 Å². The van der Waals surface area contributed by atoms with Crippen molar-refractivity contribution < 1.29 is 27.5 Å². The first kappa shape index (κ1) is 18.1. The molecule has 1 heterocycles. The second-order valence-electron chi connectivity index (χ2n) is 5.76. The second kappa shape index (κ2) is 7.11. The number of hydrogen-bond donors (Lipinski definition) is 1. The lowest BCUT2D eigenvalue weighted by Crippen LogP contribution is -2.46. The van der Waals surface area contributed by atoms with E-state index >= 15 is 0 Å². The molecule has 5 nitrogen and oxygen atoms in total. The van der Waals surface area contributed by atoms with Crippen LogP contribution >= 0.6 is 0 Å². The van der Waals surface area contributed by atoms with Gasteiger partial charge in [-0.3, -0.25) is 9.59 Å². The molecule has 0 saturated carbocycles. The van der Waals surface area contributed by atoms with Crippen LogP contribution in [0.4, 0.5) is 13.2 Å². The summed E-state index contributed by atoms with van der Waals surface area (Å²) in [4.78, 5) is 25.0. The zero-order chi connectivity index (χ0) is 17.9. The number of carbonyl (C=O) groups is 2. The lowest BCUT2D eigenvalue weighted by molar-refractivity contribution is -0.144. The van der Waals surface area contributed by atoms with E-state index in [1.165, 1.54) is 30.0 Å². The molecule has 1 aromatic carbocycles. The molecule has 0 aliphatic carbocycles. The fourth-order valence-corrected chi connectivity index (χ4v) is 2.69. The van der Waals surface area contributed by atoms with E-state index < -0.39 is 29.7 Å². The van der Waals surface area contributed by atoms with Crippen LogP contribution in [-0.2, 0) is 15.8 Å². The monoisotopic (exact) mass is 344 g/mol. The van der Waals surface area contributed by atoms with Gasteiger partial charge in [0.15, 0.2) is 6.10 Å². The Balaban J connectivity index is 2.02. The van der Waals surface area contributed by atoms with E-state index in [1.807, 2.05) is 0 Å². The van der Waals surface area contributed by atoms with Crippen LogP contribution in [-0.4, -0.2) is 35.9 Å². The third kappa shape index (κ3) is 4.18. The van der Waals surface area contributed by atoms with Crippen molar-refractivity contribution in [2.75, 3.05) is 13.1 Å². The minimum absolute atomic E-state index is 0.267. The van der Waals surface area contributed by atoms with Gasteiger partial charge < -0.3 is 15.4 Å². The highest BCUT2D eigenvalue weighted by atomic mass is 19.4. The number of alkyl halides is 3. The summed E-state index contributed by atoms with van der Waals surface area (Å²) >= 11 is 0. The summed E-state index contributed by atoms with van der Waals surface area (Å²) in [6.45, 7) is 2.08. The van der Waals surface area contributed by atoms with Gasteiger partial charge in [-0.15, -0.1) is 0 Å². The van der Waals surface area contributed by atoms with E-state index in [4.69, 9.17) is 10.5 Å². The molecule has 2 rings (SSSR count). The van der Waals surface area contributed by atoms with Crippen molar-refractivity contribution in [3.05, 3.63) is 29.8 Å². The molecule has 0 aromatic heterocycles. The van der Waals surface area contributed by atoms with Gasteiger partial charge >= 0.3 is 6.18 Å². The number of halogens is 3. The Morgan fingerprint density at radius 1 is 1.25 bits per heavy atom. The number of nitrogens with two attached hydrogens (primary N) is 1. The van der Waals surface area contributed by atoms with E-state index in [-0.39, 0.29) is 11.7 Å². The van der Waals surface area contributed by atoms with Gasteiger partial charge in [-0.05, 0) is 31.9 Å². The maximum absolute atomic E-state index is 13.0. The topological polar surface area (TPSA) is 72.6 Å². The number of piperidine rings is 1. The van der Waals surface area contributed by atoms with Gasteiger partial charge in [0.1, 0.15) is 5.75 Å². The number of primary amides is 1. The maximum atomic E-state index is 13.0. The average molecular weight is 344 g/mol. The lowest BCUT2D eigenvalue weighted by atomic mass is 9.96. The molecule has 1 aromatic rings. The minimum Gasteiger partial charge on any atom is -0.480 e. The highest BCUT2D eigenvalue weighted by molar-refractivity contribution is 5.82. The Morgan fingerprint density at radius 2 is 1.83 bits per heavy atom. The van der Waals surface area contributed by atoms with Crippen LogP contribution in [0.25, 0.3) is 0 Å². The molecule has 8 heteroatoms. The van der Waals surface area contributed by atoms with Crippen molar-refractivity contribution in [3.8, 4) is 5.75 Å². The summed E-state index contributed by atoms with van der Waals surface area (Å²) in [6.07, 6.45) is -4.71. The van der Waals surface area contributed by atoms with Crippen molar-refractivity contribution in [3.63, 3.8) is 0 Å². The first-order valence-corrected chi connectivity index (χ1v) is 7.61. The van der Waals surface area contributed by atoms with Gasteiger partial charge in [-0.2, -0.15) is 13.2 Å². The van der Waals surface area contributed by atoms with E-state index in [2.05, 4.69) is 0 Å². The summed E-state index contributed by atoms with van der Waals surface area (Å²) in [5.41, 5.74) is 4.32. The van der Waals surface area contributed by atoms with Crippen molar-refractivity contribution in [1.29, 1.82) is 0 Å². The van der Waals surface area contributed by atoms with Crippen LogP contribution in [0.3, 0.4) is 0 Å². The third-order valence-electron chi connectivity index (χ3n) is 4.05. The Kier molecular flexibility index (Phi) is 5.36. The van der Waals surface area contributed by atoms with Crippen LogP contribution in [0.1, 0.15) is 25.3 Å². The Hall–Kier alpha value is -2.25. The van der Waals surface area contributed by atoms with E-state index in [1.54, 1.807) is 0 Å². The predicted molar refractivity (Wildman–Crippen MR) is 80.0 cm³/mol. The fraction of sp³-hybridized carbons (Fsp3) is 0.500. The molecular formula is C16H19F3N2O3. The molecule has 2 N–H and O–H groups in total. The number of rotatable bonds is 4. The van der Waals surface area contributed by atoms with Crippen LogP contribution in [0.2, 0.25) is 0 Å². The molecule has 1 atom stereocenters. The molecule has 1 aliphatic rings. The molecular weight excluding hydrogens is 325 g/mol. The molecule has 1 aliphatic heterocycles. The molecule has 0 spiro atoms. The van der Waals surface area contributed by atoms with Crippen LogP contribution in [0.15, 0.2) is 24.3 Å². The predicted octanol–water partition coefficient (Wildman–Crippen LogP) is 2.20. The molecule has 1 fully saturated rings. The zero-order valence-electron chi connectivity index (χ0n) is 13.2. The van der Waals surface area contributed by atoms with Gasteiger partial charge in [0.05, 0.1) is 5.56 Å². The quantitative estimate of drug-likeness (QED) is 0.910. The Morgan fingerprint density at radius 3 is 2.38 bits per heavy atom. The molecule has 1 saturated heterocycles. The largest absolute Gasteiger partial charge is 0.480 e. The van der Waals surface area contributed by atoms with Gasteiger partial charge in [0, 0.05) is 19.0 Å². The summed E-state index contributed by atoms with van der Waals surface area (Å²) < 4.78 is 44.1. The van der Waals surface area contributed by atoms with Crippen LogP contribution in [0.5, 0.6) is 5.75 Å². The second-order valence-corrected chi connectivity index (χ2v) is 5.76. The maximum Gasteiger partial charge on any atom is 0.419 e. The lowest BCUT2D eigenvalue weighted by Gasteiger charge is -2.32. The van der Waals surface area contributed by atoms with Gasteiger partial charge in [0.25, 0.3) is 5.91 Å². The normalized spacial score (nSPS) is 17.4. The number of carbonyl (C=O) groups excluding carboxylic acids is 2. The van der Waals surface area contributed by atoms with Crippen LogP contribution < -0.4 is 10.5 Å². The van der Waals surface area contributed by atoms with Crippen molar-refractivity contribution in [2.45, 2.75) is 32.0 Å². The van der Waals surface area contributed by atoms with Crippen molar-refractivity contribution in [1.82, 2.24) is 4.90 Å². The Bertz CT molecular complexity index is 611. The number of nitrogens with zero attached hydrogens (tertiary/aromatic N) is 1. The van der Waals surface area contributed by atoms with Gasteiger partial charge in [-0.25, -0.2) is 0 Å². The number of para-hydroxylation sites is 1. The molecule has 132 valence electrons. The molecule has 0 bridgehead atoms. The van der Waals surface area contributed by atoms with E-state index in [0.29, 0.717) is 25.9 Å². The summed E-state index contributed by atoms with van der Waals surface area (Å²) in [6, 6.07) is 4.77. The number of amides is 2. The number of likely N-dealkylation sites (tertiary alicyclic amines) is 1. The summed E-state index contributed by atoms with van der Waals surface area (Å²) in [5, 5.41) is 0. The highest BCUT2D eigenvalue weighted by Gasteiger charge is 2.35. The van der Waals surface area contributed by atoms with Gasteiger partial charge in [-0.1, -0.05) is 12.1 Å². The number of ether oxygens (including phenoxy) is 1. The minimum atomic E-state index is -4.56. The smallest absolute Gasteiger partial charge is 0.419 e. The van der Waals surface area contributed by atoms with Gasteiger partial charge in [0.2, 0.25) is 5.91 Å².